The number of fused-ring (bicyclic) bond motifs is 1. The van der Waals surface area contributed by atoms with E-state index in [1.807, 2.05) is 19.0 Å². The second-order valence-corrected chi connectivity index (χ2v) is 10.4. The van der Waals surface area contributed by atoms with Crippen molar-refractivity contribution >= 4 is 27.5 Å². The first kappa shape index (κ1) is 19.1. The van der Waals surface area contributed by atoms with Crippen molar-refractivity contribution in [1.82, 2.24) is 23.9 Å². The maximum absolute atomic E-state index is 13.0. The number of rotatable bonds is 5. The number of hydrogen-bond donors (Lipinski definition) is 0. The molecule has 11 heteroatoms. The molecule has 1 aromatic heterocycles. The molecule has 3 aliphatic rings. The molecule has 0 unspecified atom stereocenters. The largest absolute Gasteiger partial charge is 0.365 e. The maximum Gasteiger partial charge on any atom is 0.244 e. The van der Waals surface area contributed by atoms with Gasteiger partial charge in [-0.1, -0.05) is 11.6 Å². The molecule has 4 heterocycles. The minimum absolute atomic E-state index is 0.0806. The monoisotopic (exact) mass is 417 g/mol. The van der Waals surface area contributed by atoms with Gasteiger partial charge in [-0.3, -0.25) is 9.48 Å². The highest BCUT2D eigenvalue weighted by atomic mass is 35.5. The number of hydrogen-bond acceptors (Lipinski definition) is 6. The summed E-state index contributed by atoms with van der Waals surface area (Å²) >= 11 is 5.85. The van der Waals surface area contributed by atoms with Crippen LogP contribution in [-0.2, 0) is 26.1 Å². The van der Waals surface area contributed by atoms with Crippen LogP contribution in [-0.4, -0.2) is 102 Å². The van der Waals surface area contributed by atoms with Crippen molar-refractivity contribution in [3.63, 3.8) is 0 Å². The van der Waals surface area contributed by atoms with E-state index in [0.717, 1.165) is 0 Å². The number of morpholine rings is 1. The van der Waals surface area contributed by atoms with Gasteiger partial charge in [0.1, 0.15) is 17.4 Å². The molecule has 0 N–H and O–H groups in total. The summed E-state index contributed by atoms with van der Waals surface area (Å²) in [6, 6.07) is 0. The second kappa shape index (κ2) is 6.70. The second-order valence-electron chi connectivity index (χ2n) is 7.84. The highest BCUT2D eigenvalue weighted by Crippen LogP contribution is 2.46. The third-order valence-electron chi connectivity index (χ3n) is 5.56. The lowest BCUT2D eigenvalue weighted by molar-refractivity contribution is -0.151. The van der Waals surface area contributed by atoms with E-state index in [1.165, 1.54) is 15.2 Å². The summed E-state index contributed by atoms with van der Waals surface area (Å²) in [6.45, 7) is 2.17. The minimum atomic E-state index is -3.42. The summed E-state index contributed by atoms with van der Waals surface area (Å²) in [7, 11) is 0.407. The Balaban J connectivity index is 1.50. The van der Waals surface area contributed by atoms with Gasteiger partial charge in [0.25, 0.3) is 0 Å². The number of ether oxygens (including phenoxy) is 1. The smallest absolute Gasteiger partial charge is 0.244 e. The molecule has 27 heavy (non-hydrogen) atoms. The van der Waals surface area contributed by atoms with Gasteiger partial charge in [0.05, 0.1) is 23.9 Å². The number of likely N-dealkylation sites (N-methyl/N-ethyl adjacent to an activating group) is 1. The Morgan fingerprint density at radius 3 is 2.89 bits per heavy atom. The van der Waals surface area contributed by atoms with E-state index in [1.54, 1.807) is 11.1 Å². The molecule has 9 nitrogen and oxygen atoms in total. The van der Waals surface area contributed by atoms with E-state index in [-0.39, 0.29) is 18.6 Å². The molecule has 1 spiro atoms. The van der Waals surface area contributed by atoms with Crippen LogP contribution in [0.15, 0.2) is 12.4 Å². The fraction of sp³-hybridized carbons (Fsp3) is 0.750. The maximum atomic E-state index is 13.0. The van der Waals surface area contributed by atoms with Crippen LogP contribution in [0.25, 0.3) is 0 Å². The van der Waals surface area contributed by atoms with Crippen LogP contribution in [0.4, 0.5) is 0 Å². The van der Waals surface area contributed by atoms with Gasteiger partial charge in [0.15, 0.2) is 0 Å². The molecular formula is C16H24ClN5O4S. The molecule has 3 saturated heterocycles. The standard InChI is InChI=1S/C16H24ClN5O4S/c1-19(2)3-4-22-11-16-10-20(15(23)9-21-7-12(17)6-18-21)8-13(26-16)5-14(16)27(22,24)25/h6-7,13-14H,3-5,8-11H2,1-2H3/t13-,14+,16+/m1/s1. The normalized spacial score (nSPS) is 32.2. The summed E-state index contributed by atoms with van der Waals surface area (Å²) < 4.78 is 35.1. The van der Waals surface area contributed by atoms with E-state index in [9.17, 15) is 13.2 Å². The zero-order chi connectivity index (χ0) is 19.4. The van der Waals surface area contributed by atoms with Gasteiger partial charge in [-0.25, -0.2) is 8.42 Å². The van der Waals surface area contributed by atoms with E-state index in [2.05, 4.69) is 5.10 Å². The molecule has 3 aliphatic heterocycles. The number of carbonyl (C=O) groups excluding carboxylic acids is 1. The van der Waals surface area contributed by atoms with Crippen LogP contribution in [0.2, 0.25) is 5.02 Å². The van der Waals surface area contributed by atoms with E-state index < -0.39 is 20.9 Å². The molecule has 0 radical (unpaired) electrons. The predicted octanol–water partition coefficient (Wildman–Crippen LogP) is -0.518. The number of aromatic nitrogens is 2. The van der Waals surface area contributed by atoms with Gasteiger partial charge in [-0.15, -0.1) is 0 Å². The molecule has 0 saturated carbocycles. The number of halogens is 1. The van der Waals surface area contributed by atoms with Crippen molar-refractivity contribution in [1.29, 1.82) is 0 Å². The first-order valence-corrected chi connectivity index (χ1v) is 10.8. The lowest BCUT2D eigenvalue weighted by Gasteiger charge is -2.39. The first-order valence-electron chi connectivity index (χ1n) is 8.97. The molecule has 1 aromatic rings. The van der Waals surface area contributed by atoms with Gasteiger partial charge in [-0.2, -0.15) is 9.40 Å². The Labute approximate surface area is 163 Å². The number of likely N-dealkylation sites (tertiary alicyclic amines) is 1. The molecular weight excluding hydrogens is 394 g/mol. The summed E-state index contributed by atoms with van der Waals surface area (Å²) in [4.78, 5) is 16.4. The summed E-state index contributed by atoms with van der Waals surface area (Å²) in [6.07, 6.45) is 3.29. The fourth-order valence-corrected chi connectivity index (χ4v) is 6.77. The average Bonchev–Trinajstić information content (AvgIpc) is 3.16. The van der Waals surface area contributed by atoms with E-state index >= 15 is 0 Å². The van der Waals surface area contributed by atoms with Crippen molar-refractivity contribution in [2.45, 2.75) is 29.9 Å². The van der Waals surface area contributed by atoms with Crippen molar-refractivity contribution < 1.29 is 17.9 Å². The highest BCUT2D eigenvalue weighted by Gasteiger charge is 2.65. The molecule has 3 fully saturated rings. The van der Waals surface area contributed by atoms with Crippen LogP contribution >= 0.6 is 11.6 Å². The van der Waals surface area contributed by atoms with Crippen LogP contribution in [0.5, 0.6) is 0 Å². The van der Waals surface area contributed by atoms with E-state index in [4.69, 9.17) is 16.3 Å². The Hall–Kier alpha value is -1.20. The quantitative estimate of drug-likeness (QED) is 0.640. The zero-order valence-electron chi connectivity index (χ0n) is 15.4. The molecule has 4 rings (SSSR count). The summed E-state index contributed by atoms with van der Waals surface area (Å²) in [5, 5.41) is 3.94. The van der Waals surface area contributed by atoms with Crippen molar-refractivity contribution in [2.24, 2.45) is 0 Å². The van der Waals surface area contributed by atoms with Crippen LogP contribution in [0, 0.1) is 0 Å². The van der Waals surface area contributed by atoms with E-state index in [0.29, 0.717) is 44.2 Å². The number of amides is 1. The van der Waals surface area contributed by atoms with Crippen molar-refractivity contribution in [3.05, 3.63) is 17.4 Å². The Morgan fingerprint density at radius 2 is 2.22 bits per heavy atom. The molecule has 0 aliphatic carbocycles. The number of sulfonamides is 1. The predicted molar refractivity (Wildman–Crippen MR) is 98.9 cm³/mol. The van der Waals surface area contributed by atoms with Crippen LogP contribution in [0.3, 0.4) is 0 Å². The van der Waals surface area contributed by atoms with Gasteiger partial charge in [0, 0.05) is 32.4 Å². The lowest BCUT2D eigenvalue weighted by Crippen LogP contribution is -2.57. The highest BCUT2D eigenvalue weighted by molar-refractivity contribution is 7.90. The molecule has 0 aromatic carbocycles. The van der Waals surface area contributed by atoms with Gasteiger partial charge >= 0.3 is 0 Å². The lowest BCUT2D eigenvalue weighted by atomic mass is 9.99. The summed E-state index contributed by atoms with van der Waals surface area (Å²) in [5.74, 6) is -0.104. The third kappa shape index (κ3) is 3.38. The molecule has 1 amide bonds. The zero-order valence-corrected chi connectivity index (χ0v) is 17.0. The number of nitrogens with zero attached hydrogens (tertiary/aromatic N) is 5. The fourth-order valence-electron chi connectivity index (χ4n) is 4.32. The van der Waals surface area contributed by atoms with Crippen LogP contribution < -0.4 is 0 Å². The Kier molecular flexibility index (Phi) is 4.75. The van der Waals surface area contributed by atoms with Gasteiger partial charge < -0.3 is 14.5 Å². The first-order chi connectivity index (χ1) is 12.7. The Bertz CT molecular complexity index is 844. The average molecular weight is 418 g/mol. The van der Waals surface area contributed by atoms with Crippen molar-refractivity contribution in [3.8, 4) is 0 Å². The molecule has 150 valence electrons. The van der Waals surface area contributed by atoms with Gasteiger partial charge in [0.2, 0.25) is 15.9 Å². The number of carbonyl (C=O) groups is 1. The third-order valence-corrected chi connectivity index (χ3v) is 8.13. The van der Waals surface area contributed by atoms with Gasteiger partial charge in [-0.05, 0) is 20.5 Å². The molecule has 2 bridgehead atoms. The van der Waals surface area contributed by atoms with Crippen molar-refractivity contribution in [2.75, 3.05) is 46.8 Å². The minimum Gasteiger partial charge on any atom is -0.365 e. The Morgan fingerprint density at radius 1 is 1.44 bits per heavy atom. The molecule has 3 atom stereocenters. The summed E-state index contributed by atoms with van der Waals surface area (Å²) in [5.41, 5.74) is -0.828. The SMILES string of the molecule is CN(C)CCN1C[C@@]23CN(C(=O)Cn4cc(Cl)cn4)C[C@@H](C[C@@H]2S1(=O)=O)O3. The topological polar surface area (TPSA) is 88.0 Å². The van der Waals surface area contributed by atoms with Crippen LogP contribution in [0.1, 0.15) is 6.42 Å².